The highest BCUT2D eigenvalue weighted by Crippen LogP contribution is 2.72. The number of ketones is 1. The van der Waals surface area contributed by atoms with E-state index in [1.807, 2.05) is 19.9 Å². The normalized spacial score (nSPS) is 44.5. The third-order valence-electron chi connectivity index (χ3n) is 11.7. The highest BCUT2D eigenvalue weighted by Gasteiger charge is 2.78. The van der Waals surface area contributed by atoms with E-state index in [4.69, 9.17) is 18.9 Å². The lowest BCUT2D eigenvalue weighted by molar-refractivity contribution is -0.278. The Morgan fingerprint density at radius 1 is 1.15 bits per heavy atom. The molecule has 1 spiro atoms. The maximum absolute atomic E-state index is 13.5. The molecule has 3 aliphatic carbocycles. The number of benzene rings is 1. The van der Waals surface area contributed by atoms with Crippen molar-refractivity contribution in [3.63, 3.8) is 0 Å². The van der Waals surface area contributed by atoms with Gasteiger partial charge in [-0.05, 0) is 69.6 Å². The molecule has 1 aromatic heterocycles. The molecular formula is C32H37NO7. The van der Waals surface area contributed by atoms with Crippen LogP contribution in [0.25, 0.3) is 10.9 Å². The van der Waals surface area contributed by atoms with Crippen molar-refractivity contribution in [2.75, 3.05) is 6.61 Å². The number of H-pyrrole nitrogens is 1. The molecule has 8 heteroatoms. The van der Waals surface area contributed by atoms with Crippen molar-refractivity contribution in [3.8, 4) is 0 Å². The molecular weight excluding hydrogens is 510 g/mol. The number of nitrogens with one attached hydrogen (secondary N) is 1. The van der Waals surface area contributed by atoms with Gasteiger partial charge in [-0.2, -0.15) is 0 Å². The lowest BCUT2D eigenvalue weighted by Gasteiger charge is -2.67. The van der Waals surface area contributed by atoms with Gasteiger partial charge in [-0.3, -0.25) is 4.79 Å². The summed E-state index contributed by atoms with van der Waals surface area (Å²) in [7, 11) is 0. The van der Waals surface area contributed by atoms with Crippen LogP contribution in [-0.4, -0.2) is 63.8 Å². The van der Waals surface area contributed by atoms with Gasteiger partial charge >= 0.3 is 5.97 Å². The fourth-order valence-corrected chi connectivity index (χ4v) is 9.51. The van der Waals surface area contributed by atoms with Gasteiger partial charge in [-0.1, -0.05) is 32.0 Å². The number of carbonyl (C=O) groups is 2. The molecule has 1 aromatic carbocycles. The Morgan fingerprint density at radius 2 is 1.95 bits per heavy atom. The molecule has 4 heterocycles. The Bertz CT molecular complexity index is 1500. The monoisotopic (exact) mass is 547 g/mol. The number of aromatic nitrogens is 1. The zero-order chi connectivity index (χ0) is 27.9. The number of esters is 1. The molecule has 2 N–H and O–H groups in total. The predicted molar refractivity (Wildman–Crippen MR) is 144 cm³/mol. The van der Waals surface area contributed by atoms with Crippen molar-refractivity contribution in [1.29, 1.82) is 0 Å². The van der Waals surface area contributed by atoms with Gasteiger partial charge in [-0.15, -0.1) is 0 Å². The fraction of sp³-hybridized carbons (Fsp3) is 0.625. The molecule has 4 fully saturated rings. The number of fused-ring (bicyclic) bond motifs is 9. The lowest BCUT2D eigenvalue weighted by Crippen LogP contribution is -2.75. The van der Waals surface area contributed by atoms with Crippen LogP contribution in [-0.2, 0) is 40.4 Å². The van der Waals surface area contributed by atoms with Crippen LogP contribution in [0.2, 0.25) is 0 Å². The number of aliphatic hydroxyl groups is 1. The molecule has 2 saturated carbocycles. The molecule has 8 atom stereocenters. The Morgan fingerprint density at radius 3 is 2.73 bits per heavy atom. The SMILES string of the molecule is CC1(C)O[C@@]23CCC4(C)[C@@]5(C)c6[nH]c7ccccc7c6C[C@@H]5C[C@H](OC(=O)[C@@H]5CCCO5)[C@@]4(O)C2=CC(=O)[C@@H]1O3. The van der Waals surface area contributed by atoms with Crippen molar-refractivity contribution >= 4 is 22.7 Å². The number of rotatable bonds is 2. The van der Waals surface area contributed by atoms with Crippen LogP contribution in [0.5, 0.6) is 0 Å². The van der Waals surface area contributed by atoms with Gasteiger partial charge in [0.05, 0.1) is 0 Å². The highest BCUT2D eigenvalue weighted by atomic mass is 16.8. The number of hydrogen-bond acceptors (Lipinski definition) is 7. The summed E-state index contributed by atoms with van der Waals surface area (Å²) in [6.07, 6.45) is 3.03. The van der Waals surface area contributed by atoms with E-state index in [1.54, 1.807) is 6.08 Å². The maximum Gasteiger partial charge on any atom is 0.335 e. The van der Waals surface area contributed by atoms with Gasteiger partial charge < -0.3 is 29.0 Å². The largest absolute Gasteiger partial charge is 0.457 e. The molecule has 8 nitrogen and oxygen atoms in total. The van der Waals surface area contributed by atoms with E-state index in [0.29, 0.717) is 37.9 Å². The van der Waals surface area contributed by atoms with Gasteiger partial charge in [0.25, 0.3) is 0 Å². The summed E-state index contributed by atoms with van der Waals surface area (Å²) in [5.74, 6) is -1.79. The third-order valence-corrected chi connectivity index (χ3v) is 11.7. The second-order valence-corrected chi connectivity index (χ2v) is 13.8. The van der Waals surface area contributed by atoms with Crippen LogP contribution in [0.3, 0.4) is 0 Å². The second kappa shape index (κ2) is 7.65. The molecule has 1 unspecified atom stereocenters. The molecule has 2 saturated heterocycles. The number of hydrogen-bond donors (Lipinski definition) is 2. The first-order valence-corrected chi connectivity index (χ1v) is 14.7. The maximum atomic E-state index is 13.5. The topological polar surface area (TPSA) is 107 Å². The molecule has 40 heavy (non-hydrogen) atoms. The minimum atomic E-state index is -1.70. The van der Waals surface area contributed by atoms with E-state index in [0.717, 1.165) is 24.1 Å². The molecule has 2 aromatic rings. The average Bonchev–Trinajstić information content (AvgIpc) is 3.67. The van der Waals surface area contributed by atoms with E-state index in [9.17, 15) is 14.7 Å². The van der Waals surface area contributed by atoms with E-state index < -0.39 is 52.1 Å². The number of ether oxygens (including phenoxy) is 4. The minimum Gasteiger partial charge on any atom is -0.457 e. The highest BCUT2D eigenvalue weighted by molar-refractivity contribution is 5.97. The second-order valence-electron chi connectivity index (χ2n) is 13.8. The van der Waals surface area contributed by atoms with Crippen LogP contribution in [0.1, 0.15) is 71.1 Å². The number of carbonyl (C=O) groups excluding carboxylic acids is 2. The van der Waals surface area contributed by atoms with E-state index in [1.165, 1.54) is 10.9 Å². The van der Waals surface area contributed by atoms with Gasteiger partial charge in [-0.25, -0.2) is 4.79 Å². The summed E-state index contributed by atoms with van der Waals surface area (Å²) >= 11 is 0. The molecule has 6 aliphatic rings. The summed E-state index contributed by atoms with van der Waals surface area (Å²) in [5, 5.41) is 14.5. The Hall–Kier alpha value is -2.52. The fourth-order valence-electron chi connectivity index (χ4n) is 9.51. The predicted octanol–water partition coefficient (Wildman–Crippen LogP) is 4.02. The quantitative estimate of drug-likeness (QED) is 0.547. The van der Waals surface area contributed by atoms with Crippen molar-refractivity contribution < 1.29 is 33.6 Å². The van der Waals surface area contributed by atoms with Gasteiger partial charge in [0.1, 0.15) is 17.3 Å². The van der Waals surface area contributed by atoms with Crippen molar-refractivity contribution in [1.82, 2.24) is 4.98 Å². The first-order valence-electron chi connectivity index (χ1n) is 14.7. The standard InChI is InChI=1S/C32H37NO7/c1-28(2)26-21(34)16-23-31(39-26,40-28)12-11-29(3)30(4)17(14-19-18-8-5-6-9-20(18)33-25(19)30)15-24(32(23,29)36)38-27(35)22-10-7-13-37-22/h5-6,8-9,16-17,22,24,26,33,36H,7,10-15H2,1-4H3/t17-,22+,24+,26+,29?,30-,31+,32+/m1/s1. The molecule has 212 valence electrons. The van der Waals surface area contributed by atoms with Crippen molar-refractivity contribution in [2.45, 2.75) is 107 Å². The summed E-state index contributed by atoms with van der Waals surface area (Å²) in [6, 6.07) is 8.33. The third kappa shape index (κ3) is 2.77. The van der Waals surface area contributed by atoms with Gasteiger partial charge in [0.2, 0.25) is 0 Å². The van der Waals surface area contributed by atoms with Crippen LogP contribution in [0.4, 0.5) is 0 Å². The summed E-state index contributed by atoms with van der Waals surface area (Å²) in [5.41, 5.74) is 0.0365. The Kier molecular flexibility index (Phi) is 4.82. The van der Waals surface area contributed by atoms with Crippen LogP contribution in [0, 0.1) is 11.3 Å². The first kappa shape index (κ1) is 25.2. The number of para-hydroxylation sites is 1. The molecule has 0 amide bonds. The average molecular weight is 548 g/mol. The molecule has 8 rings (SSSR count). The summed E-state index contributed by atoms with van der Waals surface area (Å²) in [4.78, 5) is 30.6. The first-order chi connectivity index (χ1) is 18.9. The molecule has 3 aliphatic heterocycles. The van der Waals surface area contributed by atoms with E-state index >= 15 is 0 Å². The zero-order valence-corrected chi connectivity index (χ0v) is 23.5. The van der Waals surface area contributed by atoms with Gasteiger partial charge in [0.15, 0.2) is 23.8 Å². The smallest absolute Gasteiger partial charge is 0.335 e. The zero-order valence-electron chi connectivity index (χ0n) is 23.5. The minimum absolute atomic E-state index is 0.120. The van der Waals surface area contributed by atoms with Gasteiger partial charge in [0, 0.05) is 46.0 Å². The molecule has 2 bridgehead atoms. The van der Waals surface area contributed by atoms with E-state index in [2.05, 4.69) is 37.0 Å². The number of aromatic amines is 1. The summed E-state index contributed by atoms with van der Waals surface area (Å²) in [6.45, 7) is 8.60. The Balaban J connectivity index is 1.32. The van der Waals surface area contributed by atoms with Crippen molar-refractivity contribution in [3.05, 3.63) is 47.2 Å². The lowest BCUT2D eigenvalue weighted by atomic mass is 9.41. The van der Waals surface area contributed by atoms with E-state index in [-0.39, 0.29) is 11.7 Å². The van der Waals surface area contributed by atoms with Crippen LogP contribution < -0.4 is 0 Å². The van der Waals surface area contributed by atoms with Crippen LogP contribution >= 0.6 is 0 Å². The van der Waals surface area contributed by atoms with Crippen LogP contribution in [0.15, 0.2) is 35.9 Å². The molecule has 0 radical (unpaired) electrons. The van der Waals surface area contributed by atoms with Crippen molar-refractivity contribution in [2.24, 2.45) is 11.3 Å². The summed E-state index contributed by atoms with van der Waals surface area (Å²) < 4.78 is 24.9. The Labute approximate surface area is 233 Å².